The van der Waals surface area contributed by atoms with Crippen LogP contribution in [0, 0.1) is 0 Å². The third-order valence-corrected chi connectivity index (χ3v) is 4.77. The highest BCUT2D eigenvalue weighted by Crippen LogP contribution is 2.29. The molecule has 1 aliphatic rings. The monoisotopic (exact) mass is 385 g/mol. The number of para-hydroxylation sites is 1. The van der Waals surface area contributed by atoms with E-state index in [9.17, 15) is 20.4 Å². The van der Waals surface area contributed by atoms with Gasteiger partial charge >= 0.3 is 11.3 Å². The van der Waals surface area contributed by atoms with Crippen molar-refractivity contribution >= 4 is 11.0 Å². The van der Waals surface area contributed by atoms with Crippen LogP contribution in [0.25, 0.3) is 22.3 Å². The van der Waals surface area contributed by atoms with Gasteiger partial charge in [0.15, 0.2) is 0 Å². The van der Waals surface area contributed by atoms with Crippen LogP contribution in [-0.4, -0.2) is 57.7 Å². The molecular weight excluding hydrogens is 364 g/mol. The molecule has 5 atom stereocenters. The molecule has 7 heteroatoms. The van der Waals surface area contributed by atoms with Crippen LogP contribution in [0.2, 0.25) is 0 Å². The van der Waals surface area contributed by atoms with E-state index in [1.807, 2.05) is 42.5 Å². The zero-order valence-electron chi connectivity index (χ0n) is 14.9. The van der Waals surface area contributed by atoms with Gasteiger partial charge in [0.25, 0.3) is 0 Å². The number of hydrogen-bond donors (Lipinski definition) is 4. The van der Waals surface area contributed by atoms with Crippen LogP contribution >= 0.6 is 0 Å². The van der Waals surface area contributed by atoms with Gasteiger partial charge in [0, 0.05) is 12.1 Å². The summed E-state index contributed by atoms with van der Waals surface area (Å²) in [6, 6.07) is 18.5. The first-order chi connectivity index (χ1) is 13.6. The number of benzene rings is 2. The molecule has 28 heavy (non-hydrogen) atoms. The summed E-state index contributed by atoms with van der Waals surface area (Å²) < 4.78 is 17.0. The maximum atomic E-state index is 10.1. The lowest BCUT2D eigenvalue weighted by Crippen LogP contribution is -2.60. The fourth-order valence-electron chi connectivity index (χ4n) is 3.21. The van der Waals surface area contributed by atoms with Gasteiger partial charge in [-0.2, -0.15) is 0 Å². The van der Waals surface area contributed by atoms with Crippen molar-refractivity contribution in [3.05, 3.63) is 60.7 Å². The second kappa shape index (κ2) is 7.83. The highest BCUT2D eigenvalue weighted by atomic mass is 16.7. The van der Waals surface area contributed by atoms with Crippen LogP contribution in [0.4, 0.5) is 0 Å². The minimum absolute atomic E-state index is 0.380. The first-order valence-corrected chi connectivity index (χ1v) is 8.96. The lowest BCUT2D eigenvalue weighted by atomic mass is 9.99. The Kier molecular flexibility index (Phi) is 5.25. The summed E-state index contributed by atoms with van der Waals surface area (Å²) in [7, 11) is 0. The summed E-state index contributed by atoms with van der Waals surface area (Å²) in [5.41, 5.74) is 1.51. The van der Waals surface area contributed by atoms with Crippen molar-refractivity contribution < 1.29 is 34.3 Å². The number of ether oxygens (including phenoxy) is 2. The summed E-state index contributed by atoms with van der Waals surface area (Å²) in [6.45, 7) is -0.513. The van der Waals surface area contributed by atoms with Gasteiger partial charge in [-0.15, -0.1) is 0 Å². The van der Waals surface area contributed by atoms with Gasteiger partial charge in [-0.1, -0.05) is 18.2 Å². The largest absolute Gasteiger partial charge is 0.462 e. The molecular formula is C21H21O7+. The van der Waals surface area contributed by atoms with E-state index in [-0.39, 0.29) is 0 Å². The van der Waals surface area contributed by atoms with Crippen molar-refractivity contribution in [2.75, 3.05) is 6.61 Å². The van der Waals surface area contributed by atoms with Crippen LogP contribution in [0.5, 0.6) is 5.75 Å². The number of hydrogen-bond acceptors (Lipinski definition) is 6. The summed E-state index contributed by atoms with van der Waals surface area (Å²) in [4.78, 5) is 0. The molecule has 1 aromatic heterocycles. The first kappa shape index (κ1) is 18.8. The van der Waals surface area contributed by atoms with Crippen molar-refractivity contribution in [3.63, 3.8) is 0 Å². The Morgan fingerprint density at radius 3 is 2.54 bits per heavy atom. The predicted octanol–water partition coefficient (Wildman–Crippen LogP) is 1.56. The Hall–Kier alpha value is -2.55. The topological polar surface area (TPSA) is 111 Å². The molecule has 3 aromatic rings. The normalized spacial score (nSPS) is 27.6. The van der Waals surface area contributed by atoms with E-state index in [1.165, 1.54) is 0 Å². The molecule has 1 aliphatic heterocycles. The second-order valence-electron chi connectivity index (χ2n) is 6.68. The van der Waals surface area contributed by atoms with Crippen LogP contribution < -0.4 is 4.74 Å². The van der Waals surface area contributed by atoms with Gasteiger partial charge < -0.3 is 29.9 Å². The van der Waals surface area contributed by atoms with Crippen LogP contribution in [0.15, 0.2) is 65.1 Å². The van der Waals surface area contributed by atoms with E-state index < -0.39 is 37.3 Å². The molecule has 0 amide bonds. The maximum absolute atomic E-state index is 10.1. The Morgan fingerprint density at radius 2 is 1.71 bits per heavy atom. The fraction of sp³-hybridized carbons (Fsp3) is 0.286. The van der Waals surface area contributed by atoms with E-state index >= 15 is 0 Å². The summed E-state index contributed by atoms with van der Waals surface area (Å²) in [6.07, 6.45) is -6.65. The quantitative estimate of drug-likeness (QED) is 0.505. The standard InChI is InChI=1S/C21H21O7/c22-11-17-18(23)19(24)20(25)21(28-17)26-14-6-3-5-13(10-14)16-9-8-12-4-1-2-7-15(12)27-16/h1-10,17-25H,11H2/q+1/t17-,18-,19+,20-,21-/m1/s1. The molecule has 2 heterocycles. The smallest absolute Gasteiger partial charge is 0.360 e. The second-order valence-corrected chi connectivity index (χ2v) is 6.68. The average Bonchev–Trinajstić information content (AvgIpc) is 2.74. The van der Waals surface area contributed by atoms with Crippen molar-refractivity contribution in [3.8, 4) is 17.1 Å². The number of fused-ring (bicyclic) bond motifs is 1. The molecule has 1 fully saturated rings. The summed E-state index contributed by atoms with van der Waals surface area (Å²) >= 11 is 0. The highest BCUT2D eigenvalue weighted by molar-refractivity contribution is 5.78. The first-order valence-electron chi connectivity index (χ1n) is 8.96. The van der Waals surface area contributed by atoms with Crippen LogP contribution in [0.1, 0.15) is 0 Å². The maximum Gasteiger partial charge on any atom is 0.360 e. The van der Waals surface area contributed by atoms with E-state index in [0.717, 1.165) is 16.5 Å². The fourth-order valence-corrected chi connectivity index (χ4v) is 3.21. The average molecular weight is 385 g/mol. The molecule has 146 valence electrons. The van der Waals surface area contributed by atoms with Gasteiger partial charge in [-0.3, -0.25) is 0 Å². The Balaban J connectivity index is 1.58. The Labute approximate surface area is 161 Å². The molecule has 4 rings (SSSR count). The molecule has 0 saturated carbocycles. The summed E-state index contributed by atoms with van der Waals surface area (Å²) in [5.74, 6) is 1.02. The van der Waals surface area contributed by atoms with Crippen molar-refractivity contribution in [2.24, 2.45) is 0 Å². The third kappa shape index (κ3) is 3.58. The van der Waals surface area contributed by atoms with E-state index in [1.54, 1.807) is 18.2 Å². The molecule has 0 aliphatic carbocycles. The molecule has 4 N–H and O–H groups in total. The molecule has 0 radical (unpaired) electrons. The Bertz CT molecular complexity index is 958. The zero-order chi connectivity index (χ0) is 19.7. The van der Waals surface area contributed by atoms with Gasteiger partial charge in [0.05, 0.1) is 17.6 Å². The lowest BCUT2D eigenvalue weighted by molar-refractivity contribution is -0.277. The molecule has 1 saturated heterocycles. The molecule has 7 nitrogen and oxygen atoms in total. The molecule has 0 unspecified atom stereocenters. The van der Waals surface area contributed by atoms with Gasteiger partial charge in [-0.25, -0.2) is 4.42 Å². The van der Waals surface area contributed by atoms with E-state index in [0.29, 0.717) is 11.5 Å². The van der Waals surface area contributed by atoms with Crippen LogP contribution in [-0.2, 0) is 4.74 Å². The number of aliphatic hydroxyl groups excluding tert-OH is 4. The Morgan fingerprint density at radius 1 is 0.893 bits per heavy atom. The predicted molar refractivity (Wildman–Crippen MR) is 100 cm³/mol. The minimum atomic E-state index is -1.49. The van der Waals surface area contributed by atoms with Crippen molar-refractivity contribution in [2.45, 2.75) is 30.7 Å². The number of rotatable bonds is 4. The zero-order valence-corrected chi connectivity index (χ0v) is 14.9. The van der Waals surface area contributed by atoms with E-state index in [2.05, 4.69) is 0 Å². The molecule has 2 aromatic carbocycles. The minimum Gasteiger partial charge on any atom is -0.462 e. The van der Waals surface area contributed by atoms with Gasteiger partial charge in [0.2, 0.25) is 6.29 Å². The summed E-state index contributed by atoms with van der Waals surface area (Å²) in [5, 5.41) is 40.1. The van der Waals surface area contributed by atoms with Crippen molar-refractivity contribution in [1.29, 1.82) is 0 Å². The SMILES string of the molecule is OC[C@H]1O[C@@H](Oc2cccc(-c3ccc4ccccc4[o+]3)c2)[C@H](O)[C@@H](O)[C@@H]1O. The molecule has 0 bridgehead atoms. The molecule has 0 spiro atoms. The van der Waals surface area contributed by atoms with E-state index in [4.69, 9.17) is 13.9 Å². The highest BCUT2D eigenvalue weighted by Gasteiger charge is 2.44. The van der Waals surface area contributed by atoms with Gasteiger partial charge in [-0.05, 0) is 30.3 Å². The van der Waals surface area contributed by atoms with Gasteiger partial charge in [0.1, 0.15) is 30.2 Å². The number of aliphatic hydroxyl groups is 4. The third-order valence-electron chi connectivity index (χ3n) is 4.77. The van der Waals surface area contributed by atoms with Crippen molar-refractivity contribution in [1.82, 2.24) is 0 Å². The van der Waals surface area contributed by atoms with Crippen LogP contribution in [0.3, 0.4) is 0 Å². The lowest BCUT2D eigenvalue weighted by Gasteiger charge is -2.39.